The molecule has 1 unspecified atom stereocenters. The number of hydrogen-bond donors (Lipinski definition) is 1. The minimum absolute atomic E-state index is 0.434. The van der Waals surface area contributed by atoms with Crippen LogP contribution in [-0.4, -0.2) is 19.2 Å². The maximum atomic E-state index is 5.93. The van der Waals surface area contributed by atoms with Crippen LogP contribution in [0.3, 0.4) is 0 Å². The number of ether oxygens (including phenoxy) is 1. The molecule has 18 heavy (non-hydrogen) atoms. The van der Waals surface area contributed by atoms with Crippen molar-refractivity contribution in [1.82, 2.24) is 5.32 Å². The summed E-state index contributed by atoms with van der Waals surface area (Å²) < 4.78 is 5.80. The maximum Gasteiger partial charge on any atom is 0.120 e. The highest BCUT2D eigenvalue weighted by Gasteiger charge is 2.08. The Morgan fingerprint density at radius 1 is 1.28 bits per heavy atom. The van der Waals surface area contributed by atoms with Gasteiger partial charge in [0.25, 0.3) is 0 Å². The van der Waals surface area contributed by atoms with Gasteiger partial charge in [0.15, 0.2) is 0 Å². The second-order valence-electron chi connectivity index (χ2n) is 4.56. The quantitative estimate of drug-likeness (QED) is 0.723. The predicted molar refractivity (Wildman–Crippen MR) is 78.6 cm³/mol. The molecule has 2 nitrogen and oxygen atoms in total. The van der Waals surface area contributed by atoms with Gasteiger partial charge in [-0.1, -0.05) is 44.4 Å². The number of nitrogens with one attached hydrogen (secondary N) is 1. The maximum absolute atomic E-state index is 5.93. The summed E-state index contributed by atoms with van der Waals surface area (Å²) in [4.78, 5) is 0. The van der Waals surface area contributed by atoms with E-state index in [2.05, 4.69) is 19.2 Å². The smallest absolute Gasteiger partial charge is 0.120 e. The highest BCUT2D eigenvalue weighted by molar-refractivity contribution is 6.30. The van der Waals surface area contributed by atoms with Crippen molar-refractivity contribution in [1.29, 1.82) is 0 Å². The van der Waals surface area contributed by atoms with Gasteiger partial charge in [-0.05, 0) is 37.6 Å². The van der Waals surface area contributed by atoms with Crippen LogP contribution < -0.4 is 10.1 Å². The van der Waals surface area contributed by atoms with Gasteiger partial charge in [0, 0.05) is 11.1 Å². The van der Waals surface area contributed by atoms with Crippen molar-refractivity contribution in [2.75, 3.05) is 13.2 Å². The average Bonchev–Trinajstić information content (AvgIpc) is 2.38. The lowest BCUT2D eigenvalue weighted by molar-refractivity contribution is 0.254. The Morgan fingerprint density at radius 2 is 2.11 bits per heavy atom. The fraction of sp³-hybridized carbons (Fsp3) is 0.600. The van der Waals surface area contributed by atoms with Gasteiger partial charge in [0.05, 0.1) is 0 Å². The molecule has 0 saturated carbocycles. The Kier molecular flexibility index (Phi) is 7.86. The Bertz CT molecular complexity index is 322. The number of unbranched alkanes of at least 4 members (excludes halogenated alkanes) is 1. The van der Waals surface area contributed by atoms with Gasteiger partial charge in [-0.2, -0.15) is 0 Å². The topological polar surface area (TPSA) is 21.3 Å². The zero-order valence-electron chi connectivity index (χ0n) is 11.4. The number of benzene rings is 1. The van der Waals surface area contributed by atoms with Crippen LogP contribution >= 0.6 is 11.6 Å². The van der Waals surface area contributed by atoms with Crippen molar-refractivity contribution >= 4 is 11.6 Å². The third-order valence-corrected chi connectivity index (χ3v) is 3.07. The molecule has 1 atom stereocenters. The molecule has 0 fully saturated rings. The SMILES string of the molecule is CCCCC(COc1cccc(Cl)c1)NCCC. The van der Waals surface area contributed by atoms with Gasteiger partial charge in [-0.15, -0.1) is 0 Å². The average molecular weight is 270 g/mol. The van der Waals surface area contributed by atoms with Crippen LogP contribution in [0.4, 0.5) is 0 Å². The van der Waals surface area contributed by atoms with Gasteiger partial charge in [0.1, 0.15) is 12.4 Å². The molecule has 0 aliphatic heterocycles. The lowest BCUT2D eigenvalue weighted by Crippen LogP contribution is -2.35. The highest BCUT2D eigenvalue weighted by atomic mass is 35.5. The molecule has 0 spiro atoms. The van der Waals surface area contributed by atoms with E-state index in [-0.39, 0.29) is 0 Å². The van der Waals surface area contributed by atoms with E-state index in [1.54, 1.807) is 0 Å². The third-order valence-electron chi connectivity index (χ3n) is 2.84. The van der Waals surface area contributed by atoms with Gasteiger partial charge < -0.3 is 10.1 Å². The minimum Gasteiger partial charge on any atom is -0.492 e. The summed E-state index contributed by atoms with van der Waals surface area (Å²) in [7, 11) is 0. The molecule has 1 N–H and O–H groups in total. The number of halogens is 1. The number of rotatable bonds is 9. The van der Waals surface area contributed by atoms with Crippen LogP contribution in [-0.2, 0) is 0 Å². The highest BCUT2D eigenvalue weighted by Crippen LogP contribution is 2.17. The minimum atomic E-state index is 0.434. The largest absolute Gasteiger partial charge is 0.492 e. The number of hydrogen-bond acceptors (Lipinski definition) is 2. The fourth-order valence-corrected chi connectivity index (χ4v) is 1.98. The second-order valence-corrected chi connectivity index (χ2v) is 5.00. The van der Waals surface area contributed by atoms with E-state index in [4.69, 9.17) is 16.3 Å². The molecular weight excluding hydrogens is 246 g/mol. The Hall–Kier alpha value is -0.730. The van der Waals surface area contributed by atoms with Gasteiger partial charge in [-0.25, -0.2) is 0 Å². The van der Waals surface area contributed by atoms with E-state index in [1.807, 2.05) is 24.3 Å². The molecule has 0 aliphatic carbocycles. The molecule has 1 aromatic rings. The van der Waals surface area contributed by atoms with Crippen LogP contribution in [0.1, 0.15) is 39.5 Å². The van der Waals surface area contributed by atoms with Crippen LogP contribution in [0.25, 0.3) is 0 Å². The third kappa shape index (κ3) is 6.27. The van der Waals surface area contributed by atoms with Crippen molar-refractivity contribution in [3.63, 3.8) is 0 Å². The van der Waals surface area contributed by atoms with Gasteiger partial charge in [-0.3, -0.25) is 0 Å². The van der Waals surface area contributed by atoms with E-state index in [9.17, 15) is 0 Å². The molecule has 0 bridgehead atoms. The van der Waals surface area contributed by atoms with Gasteiger partial charge >= 0.3 is 0 Å². The molecule has 0 heterocycles. The van der Waals surface area contributed by atoms with Crippen molar-refractivity contribution in [2.24, 2.45) is 0 Å². The molecule has 1 aromatic carbocycles. The summed E-state index contributed by atoms with van der Waals surface area (Å²) in [6.45, 7) is 6.16. The van der Waals surface area contributed by atoms with Crippen LogP contribution in [0, 0.1) is 0 Å². The monoisotopic (exact) mass is 269 g/mol. The van der Waals surface area contributed by atoms with Crippen molar-refractivity contribution < 1.29 is 4.74 Å². The fourth-order valence-electron chi connectivity index (χ4n) is 1.80. The summed E-state index contributed by atoms with van der Waals surface area (Å²) in [5.74, 6) is 0.849. The first-order valence-corrected chi connectivity index (χ1v) is 7.25. The summed E-state index contributed by atoms with van der Waals surface area (Å²) in [6.07, 6.45) is 4.78. The molecule has 0 aromatic heterocycles. The van der Waals surface area contributed by atoms with E-state index in [0.29, 0.717) is 12.6 Å². The summed E-state index contributed by atoms with van der Waals surface area (Å²) >= 11 is 5.93. The molecule has 0 radical (unpaired) electrons. The first-order chi connectivity index (χ1) is 8.76. The predicted octanol–water partition coefficient (Wildman–Crippen LogP) is 4.28. The summed E-state index contributed by atoms with van der Waals surface area (Å²) in [6, 6.07) is 8.01. The summed E-state index contributed by atoms with van der Waals surface area (Å²) in [5, 5.41) is 4.25. The Morgan fingerprint density at radius 3 is 2.78 bits per heavy atom. The van der Waals surface area contributed by atoms with Crippen molar-refractivity contribution in [2.45, 2.75) is 45.6 Å². The van der Waals surface area contributed by atoms with Crippen molar-refractivity contribution in [3.05, 3.63) is 29.3 Å². The van der Waals surface area contributed by atoms with E-state index < -0.39 is 0 Å². The normalized spacial score (nSPS) is 12.4. The lowest BCUT2D eigenvalue weighted by atomic mass is 10.1. The molecule has 3 heteroatoms. The van der Waals surface area contributed by atoms with Crippen LogP contribution in [0.5, 0.6) is 5.75 Å². The van der Waals surface area contributed by atoms with E-state index >= 15 is 0 Å². The van der Waals surface area contributed by atoms with Crippen molar-refractivity contribution in [3.8, 4) is 5.75 Å². The Balaban J connectivity index is 2.39. The van der Waals surface area contributed by atoms with Crippen LogP contribution in [0.2, 0.25) is 5.02 Å². The standard InChI is InChI=1S/C15H24ClNO/c1-3-5-8-14(17-10-4-2)12-18-15-9-6-7-13(16)11-15/h6-7,9,11,14,17H,3-5,8,10,12H2,1-2H3. The molecular formula is C15H24ClNO. The zero-order chi connectivity index (χ0) is 13.2. The first kappa shape index (κ1) is 15.3. The molecule has 0 aliphatic rings. The molecule has 1 rings (SSSR count). The second kappa shape index (κ2) is 9.23. The first-order valence-electron chi connectivity index (χ1n) is 6.88. The van der Waals surface area contributed by atoms with E-state index in [0.717, 1.165) is 30.2 Å². The lowest BCUT2D eigenvalue weighted by Gasteiger charge is -2.19. The van der Waals surface area contributed by atoms with Gasteiger partial charge in [0.2, 0.25) is 0 Å². The molecule has 102 valence electrons. The molecule has 0 saturated heterocycles. The Labute approximate surface area is 116 Å². The molecule has 0 amide bonds. The van der Waals surface area contributed by atoms with Crippen LogP contribution in [0.15, 0.2) is 24.3 Å². The van der Waals surface area contributed by atoms with E-state index in [1.165, 1.54) is 12.8 Å². The summed E-state index contributed by atoms with van der Waals surface area (Å²) in [5.41, 5.74) is 0. The zero-order valence-corrected chi connectivity index (χ0v) is 12.2.